The molecule has 10 heteroatoms. The largest absolute Gasteiger partial charge is 0.465 e. The summed E-state index contributed by atoms with van der Waals surface area (Å²) in [4.78, 5) is 27.3. The van der Waals surface area contributed by atoms with Crippen molar-refractivity contribution in [2.75, 3.05) is 13.2 Å². The molecule has 2 heterocycles. The zero-order valence-corrected chi connectivity index (χ0v) is 26.4. The van der Waals surface area contributed by atoms with E-state index in [2.05, 4.69) is 50.8 Å². The van der Waals surface area contributed by atoms with Crippen LogP contribution in [-0.4, -0.2) is 59.2 Å². The van der Waals surface area contributed by atoms with Crippen molar-refractivity contribution in [1.29, 1.82) is 0 Å². The Balaban J connectivity index is 1.46. The van der Waals surface area contributed by atoms with Gasteiger partial charge in [0, 0.05) is 32.2 Å². The smallest absolute Gasteiger partial charge is 0.408 e. The molecule has 2 amide bonds. The summed E-state index contributed by atoms with van der Waals surface area (Å²) in [5.41, 5.74) is 1.16. The molecule has 9 nitrogen and oxygen atoms in total. The molecule has 224 valence electrons. The molecule has 0 spiro atoms. The fourth-order valence-electron chi connectivity index (χ4n) is 6.21. The topological polar surface area (TPSA) is 106 Å². The molecule has 1 saturated heterocycles. The number of hydrogen-bond acceptors (Lipinski definition) is 5. The van der Waals surface area contributed by atoms with Gasteiger partial charge in [-0.3, -0.25) is 9.69 Å². The average Bonchev–Trinajstić information content (AvgIpc) is 3.36. The van der Waals surface area contributed by atoms with Crippen molar-refractivity contribution in [2.45, 2.75) is 65.8 Å². The number of para-hydroxylation sites is 2. The number of amides is 2. The van der Waals surface area contributed by atoms with Crippen LogP contribution in [0.25, 0.3) is 11.3 Å². The zero-order valence-electron chi connectivity index (χ0n) is 25.4. The molecule has 2 aromatic carbocycles. The molecule has 1 saturated carbocycles. The lowest BCUT2D eigenvalue weighted by molar-refractivity contribution is 0.0591. The maximum atomic E-state index is 13.8. The Kier molecular flexibility index (Phi) is 7.97. The van der Waals surface area contributed by atoms with E-state index in [0.717, 1.165) is 18.0 Å². The number of piperidine rings is 1. The number of fused-ring (bicyclic) bond motifs is 1. The van der Waals surface area contributed by atoms with E-state index in [0.29, 0.717) is 30.3 Å². The highest BCUT2D eigenvalue weighted by Gasteiger charge is 2.72. The summed E-state index contributed by atoms with van der Waals surface area (Å²) in [5.74, 6) is 1.14. The zero-order chi connectivity index (χ0) is 30.3. The van der Waals surface area contributed by atoms with Gasteiger partial charge in [-0.05, 0) is 54.1 Å². The first-order chi connectivity index (χ1) is 19.8. The first-order valence-corrected chi connectivity index (χ1v) is 18.3. The van der Waals surface area contributed by atoms with Crippen LogP contribution in [0.1, 0.15) is 37.7 Å². The lowest BCUT2D eigenvalue weighted by atomic mass is 9.75. The van der Waals surface area contributed by atoms with E-state index in [1.54, 1.807) is 10.7 Å². The van der Waals surface area contributed by atoms with Crippen molar-refractivity contribution < 1.29 is 24.2 Å². The molecule has 2 N–H and O–H groups in total. The molecule has 1 aliphatic heterocycles. The Labute approximate surface area is 248 Å². The SMILES string of the molecule is CC(C)(C)C12CC1CN(C(=O)O)C2NC(=O)c1cc(-c2ccccc2Oc2ccccc2)n(COCC[Si](C)(C)C)n1. The fourth-order valence-corrected chi connectivity index (χ4v) is 6.97. The minimum Gasteiger partial charge on any atom is -0.465 e. The van der Waals surface area contributed by atoms with Crippen LogP contribution in [0.2, 0.25) is 25.7 Å². The van der Waals surface area contributed by atoms with Crippen LogP contribution in [-0.2, 0) is 11.5 Å². The van der Waals surface area contributed by atoms with Gasteiger partial charge in [-0.25, -0.2) is 9.48 Å². The molecule has 3 aromatic rings. The minimum atomic E-state index is -1.29. The van der Waals surface area contributed by atoms with Crippen LogP contribution in [0.4, 0.5) is 4.79 Å². The van der Waals surface area contributed by atoms with Crippen molar-refractivity contribution in [3.05, 3.63) is 66.4 Å². The predicted octanol–water partition coefficient (Wildman–Crippen LogP) is 6.76. The van der Waals surface area contributed by atoms with Gasteiger partial charge in [-0.2, -0.15) is 5.10 Å². The Morgan fingerprint density at radius 3 is 2.45 bits per heavy atom. The number of carbonyl (C=O) groups excluding carboxylic acids is 1. The Morgan fingerprint density at radius 1 is 1.10 bits per heavy atom. The summed E-state index contributed by atoms with van der Waals surface area (Å²) in [5, 5.41) is 17.7. The van der Waals surface area contributed by atoms with Crippen LogP contribution in [0.5, 0.6) is 11.5 Å². The van der Waals surface area contributed by atoms with Gasteiger partial charge in [0.25, 0.3) is 5.91 Å². The van der Waals surface area contributed by atoms with E-state index in [4.69, 9.17) is 9.47 Å². The maximum Gasteiger partial charge on any atom is 0.408 e. The van der Waals surface area contributed by atoms with Crippen LogP contribution in [0.15, 0.2) is 60.7 Å². The number of nitrogens with zero attached hydrogens (tertiary/aromatic N) is 3. The van der Waals surface area contributed by atoms with E-state index < -0.39 is 26.2 Å². The molecule has 0 bridgehead atoms. The number of likely N-dealkylation sites (tertiary alicyclic amines) is 1. The molecule has 2 aliphatic rings. The van der Waals surface area contributed by atoms with Gasteiger partial charge in [0.2, 0.25) is 0 Å². The van der Waals surface area contributed by atoms with Crippen LogP contribution < -0.4 is 10.1 Å². The van der Waals surface area contributed by atoms with Crippen molar-refractivity contribution >= 4 is 20.1 Å². The van der Waals surface area contributed by atoms with Gasteiger partial charge in [0.15, 0.2) is 5.69 Å². The Hall–Kier alpha value is -3.63. The average molecular weight is 591 g/mol. The van der Waals surface area contributed by atoms with E-state index >= 15 is 0 Å². The molecule has 1 aliphatic carbocycles. The van der Waals surface area contributed by atoms with Gasteiger partial charge in [0.1, 0.15) is 24.4 Å². The summed E-state index contributed by atoms with van der Waals surface area (Å²) in [6, 6.07) is 19.9. The third-order valence-electron chi connectivity index (χ3n) is 8.64. The summed E-state index contributed by atoms with van der Waals surface area (Å²) in [6.07, 6.45) is -0.757. The van der Waals surface area contributed by atoms with Gasteiger partial charge in [-0.1, -0.05) is 70.7 Å². The van der Waals surface area contributed by atoms with Crippen LogP contribution in [0.3, 0.4) is 0 Å². The summed E-state index contributed by atoms with van der Waals surface area (Å²) in [6.45, 7) is 14.4. The first kappa shape index (κ1) is 29.8. The number of ether oxygens (including phenoxy) is 2. The molecule has 2 fully saturated rings. The third kappa shape index (κ3) is 5.96. The molecular weight excluding hydrogens is 548 g/mol. The Bertz CT molecular complexity index is 1450. The van der Waals surface area contributed by atoms with Gasteiger partial charge >= 0.3 is 6.09 Å². The van der Waals surface area contributed by atoms with Crippen molar-refractivity contribution in [3.8, 4) is 22.8 Å². The monoisotopic (exact) mass is 590 g/mol. The maximum absolute atomic E-state index is 13.8. The summed E-state index contributed by atoms with van der Waals surface area (Å²) >= 11 is 0. The second-order valence-electron chi connectivity index (χ2n) is 13.7. The highest BCUT2D eigenvalue weighted by Crippen LogP contribution is 2.69. The molecule has 3 unspecified atom stereocenters. The van der Waals surface area contributed by atoms with E-state index in [9.17, 15) is 14.7 Å². The quantitative estimate of drug-likeness (QED) is 0.200. The second-order valence-corrected chi connectivity index (χ2v) is 19.3. The number of carboxylic acid groups (broad SMARTS) is 1. The first-order valence-electron chi connectivity index (χ1n) is 14.6. The molecule has 1 aromatic heterocycles. The molecular formula is C32H42N4O5Si. The summed E-state index contributed by atoms with van der Waals surface area (Å²) in [7, 11) is -1.29. The van der Waals surface area contributed by atoms with E-state index in [1.165, 1.54) is 4.90 Å². The minimum absolute atomic E-state index is 0.172. The standard InChI is InChI=1S/C32H42N4O5Si/c1-31(2,3)32-19-22(32)20-35(30(38)39)29(32)33-28(37)25-18-26(36(34-25)21-40-16-17-42(4,5)6)24-14-10-11-15-27(24)41-23-12-8-7-9-13-23/h7-15,18,22,29H,16-17,19-21H2,1-6H3,(H,33,37)(H,38,39). The molecule has 5 rings (SSSR count). The third-order valence-corrected chi connectivity index (χ3v) is 10.3. The van der Waals surface area contributed by atoms with Gasteiger partial charge < -0.3 is 19.9 Å². The van der Waals surface area contributed by atoms with E-state index in [1.807, 2.05) is 54.6 Å². The predicted molar refractivity (Wildman–Crippen MR) is 164 cm³/mol. The molecule has 42 heavy (non-hydrogen) atoms. The number of nitrogens with one attached hydrogen (secondary N) is 1. The lowest BCUT2D eigenvalue weighted by Crippen LogP contribution is -2.55. The lowest BCUT2D eigenvalue weighted by Gasteiger charge is -2.38. The molecule has 0 radical (unpaired) electrons. The number of rotatable bonds is 10. The van der Waals surface area contributed by atoms with Crippen LogP contribution >= 0.6 is 0 Å². The normalized spacial score (nSPS) is 21.6. The summed E-state index contributed by atoms with van der Waals surface area (Å²) < 4.78 is 14.0. The van der Waals surface area contributed by atoms with Gasteiger partial charge in [0.05, 0.1) is 5.69 Å². The van der Waals surface area contributed by atoms with Crippen LogP contribution in [0, 0.1) is 16.7 Å². The molecule has 3 atom stereocenters. The number of benzene rings is 2. The van der Waals surface area contributed by atoms with E-state index in [-0.39, 0.29) is 29.2 Å². The number of aromatic nitrogens is 2. The number of carbonyl (C=O) groups is 2. The van der Waals surface area contributed by atoms with Crippen molar-refractivity contribution in [3.63, 3.8) is 0 Å². The Morgan fingerprint density at radius 2 is 1.79 bits per heavy atom. The number of hydrogen-bond donors (Lipinski definition) is 2. The van der Waals surface area contributed by atoms with Crippen molar-refractivity contribution in [1.82, 2.24) is 20.0 Å². The van der Waals surface area contributed by atoms with Gasteiger partial charge in [-0.15, -0.1) is 0 Å². The second kappa shape index (κ2) is 11.2. The highest BCUT2D eigenvalue weighted by atomic mass is 28.3. The highest BCUT2D eigenvalue weighted by molar-refractivity contribution is 6.76. The fraction of sp³-hybridized carbons (Fsp3) is 0.469. The van der Waals surface area contributed by atoms with Crippen molar-refractivity contribution in [2.24, 2.45) is 16.7 Å².